The van der Waals surface area contributed by atoms with Gasteiger partial charge in [0.05, 0.1) is 14.2 Å². The molecule has 0 aromatic rings. The van der Waals surface area contributed by atoms with Crippen LogP contribution >= 0.6 is 0 Å². The van der Waals surface area contributed by atoms with Gasteiger partial charge in [-0.3, -0.25) is 4.79 Å². The molecule has 2 atom stereocenters. The third-order valence-electron chi connectivity index (χ3n) is 2.78. The average molecular weight is 245 g/mol. The van der Waals surface area contributed by atoms with Crippen LogP contribution in [0.5, 0.6) is 0 Å². The Balaban J connectivity index is 2.10. The molecule has 0 radical (unpaired) electrons. The average Bonchev–Trinajstić information content (AvgIpc) is 2.82. The van der Waals surface area contributed by atoms with Gasteiger partial charge in [-0.2, -0.15) is 0 Å². The Hall–Kier alpha value is -1.14. The van der Waals surface area contributed by atoms with Crippen molar-refractivity contribution in [2.45, 2.75) is 31.3 Å². The van der Waals surface area contributed by atoms with Gasteiger partial charge in [-0.15, -0.1) is 0 Å². The molecule has 0 aromatic carbocycles. The lowest BCUT2D eigenvalue weighted by Gasteiger charge is -2.12. The van der Waals surface area contributed by atoms with Crippen LogP contribution in [0.1, 0.15) is 19.3 Å². The van der Waals surface area contributed by atoms with Gasteiger partial charge in [0, 0.05) is 12.6 Å². The minimum absolute atomic E-state index is 0.0242. The highest BCUT2D eigenvalue weighted by molar-refractivity contribution is 5.76. The van der Waals surface area contributed by atoms with Crippen molar-refractivity contribution in [2.24, 2.45) is 0 Å². The van der Waals surface area contributed by atoms with Crippen LogP contribution in [-0.4, -0.2) is 51.5 Å². The zero-order valence-electron chi connectivity index (χ0n) is 10.2. The lowest BCUT2D eigenvalue weighted by atomic mass is 10.1. The van der Waals surface area contributed by atoms with Crippen molar-refractivity contribution < 1.29 is 23.8 Å². The summed E-state index contributed by atoms with van der Waals surface area (Å²) in [5, 5.41) is 3.17. The van der Waals surface area contributed by atoms with Crippen molar-refractivity contribution in [3.8, 4) is 0 Å². The molecule has 1 N–H and O–H groups in total. The number of hydrogen-bond donors (Lipinski definition) is 1. The van der Waals surface area contributed by atoms with E-state index in [1.165, 1.54) is 14.2 Å². The number of hydrogen-bond acceptors (Lipinski definition) is 6. The smallest absolute Gasteiger partial charge is 0.331 e. The van der Waals surface area contributed by atoms with E-state index >= 15 is 0 Å². The molecule has 1 aliphatic rings. The largest absolute Gasteiger partial charge is 0.468 e. The van der Waals surface area contributed by atoms with E-state index in [4.69, 9.17) is 4.74 Å². The highest BCUT2D eigenvalue weighted by atomic mass is 16.6. The van der Waals surface area contributed by atoms with Gasteiger partial charge in [-0.05, 0) is 19.3 Å². The number of ether oxygens (including phenoxy) is 3. The fraction of sp³-hybridized carbons (Fsp3) is 0.818. The molecule has 1 unspecified atom stereocenters. The van der Waals surface area contributed by atoms with Gasteiger partial charge in [-0.25, -0.2) is 4.79 Å². The summed E-state index contributed by atoms with van der Waals surface area (Å²) in [6.07, 6.45) is 2.47. The Bertz CT molecular complexity index is 269. The van der Waals surface area contributed by atoms with E-state index in [9.17, 15) is 9.59 Å². The molecule has 0 aromatic heterocycles. The fourth-order valence-corrected chi connectivity index (χ4v) is 1.81. The molecule has 1 fully saturated rings. The number of carbonyl (C=O) groups is 2. The van der Waals surface area contributed by atoms with Crippen LogP contribution in [-0.2, 0) is 23.8 Å². The lowest BCUT2D eigenvalue weighted by molar-refractivity contribution is -0.146. The Morgan fingerprint density at radius 3 is 2.65 bits per heavy atom. The summed E-state index contributed by atoms with van der Waals surface area (Å²) < 4.78 is 14.2. The second kappa shape index (κ2) is 7.24. The van der Waals surface area contributed by atoms with Crippen LogP contribution in [0.3, 0.4) is 0 Å². The molecule has 6 nitrogen and oxygen atoms in total. The van der Waals surface area contributed by atoms with Crippen molar-refractivity contribution in [1.29, 1.82) is 0 Å². The molecule has 1 heterocycles. The van der Waals surface area contributed by atoms with E-state index in [0.29, 0.717) is 6.61 Å². The fourth-order valence-electron chi connectivity index (χ4n) is 1.81. The predicted molar refractivity (Wildman–Crippen MR) is 59.4 cm³/mol. The summed E-state index contributed by atoms with van der Waals surface area (Å²) in [5.74, 6) is -0.597. The second-order valence-corrected chi connectivity index (χ2v) is 3.93. The van der Waals surface area contributed by atoms with Crippen LogP contribution in [0.4, 0.5) is 0 Å². The molecule has 1 aliphatic heterocycles. The van der Waals surface area contributed by atoms with E-state index in [-0.39, 0.29) is 30.6 Å². The van der Waals surface area contributed by atoms with Crippen molar-refractivity contribution >= 4 is 11.9 Å². The van der Waals surface area contributed by atoms with Crippen LogP contribution < -0.4 is 5.32 Å². The first-order chi connectivity index (χ1) is 8.17. The standard InChI is InChI=1S/C11H19NO5/c1-15-10(13)7-17-6-5-8-3-4-9(12-8)11(14)16-2/h8-9,12H,3-7H2,1-2H3/t8?,9-/m0/s1. The third kappa shape index (κ3) is 4.70. The second-order valence-electron chi connectivity index (χ2n) is 3.93. The highest BCUT2D eigenvalue weighted by Crippen LogP contribution is 2.15. The maximum atomic E-state index is 11.2. The highest BCUT2D eigenvalue weighted by Gasteiger charge is 2.29. The van der Waals surface area contributed by atoms with Gasteiger partial charge >= 0.3 is 11.9 Å². The van der Waals surface area contributed by atoms with Crippen LogP contribution in [0, 0.1) is 0 Å². The lowest BCUT2D eigenvalue weighted by Crippen LogP contribution is -2.36. The van der Waals surface area contributed by atoms with Gasteiger partial charge in [0.25, 0.3) is 0 Å². The first-order valence-electron chi connectivity index (χ1n) is 5.65. The summed E-state index contributed by atoms with van der Waals surface area (Å²) in [6, 6.07) is 0.0438. The molecule has 0 bridgehead atoms. The molecule has 17 heavy (non-hydrogen) atoms. The molecule has 0 spiro atoms. The van der Waals surface area contributed by atoms with Crippen LogP contribution in [0.25, 0.3) is 0 Å². The number of carbonyl (C=O) groups excluding carboxylic acids is 2. The van der Waals surface area contributed by atoms with Crippen molar-refractivity contribution in [2.75, 3.05) is 27.4 Å². The van der Waals surface area contributed by atoms with Gasteiger partial charge < -0.3 is 19.5 Å². The Morgan fingerprint density at radius 2 is 2.00 bits per heavy atom. The minimum atomic E-state index is -0.378. The quantitative estimate of drug-likeness (QED) is 0.518. The van der Waals surface area contributed by atoms with Crippen LogP contribution in [0.15, 0.2) is 0 Å². The maximum absolute atomic E-state index is 11.2. The Kier molecular flexibility index (Phi) is 5.93. The number of nitrogens with one attached hydrogen (secondary N) is 1. The predicted octanol–water partition coefficient (Wildman–Crippen LogP) is -0.140. The van der Waals surface area contributed by atoms with Gasteiger partial charge in [0.2, 0.25) is 0 Å². The topological polar surface area (TPSA) is 73.9 Å². The normalized spacial score (nSPS) is 23.4. The third-order valence-corrected chi connectivity index (χ3v) is 2.78. The number of rotatable bonds is 6. The minimum Gasteiger partial charge on any atom is -0.468 e. The van der Waals surface area contributed by atoms with Gasteiger partial charge in [-0.1, -0.05) is 0 Å². The number of methoxy groups -OCH3 is 2. The molecule has 0 aliphatic carbocycles. The van der Waals surface area contributed by atoms with Gasteiger partial charge in [0.15, 0.2) is 0 Å². The van der Waals surface area contributed by atoms with Crippen LogP contribution in [0.2, 0.25) is 0 Å². The van der Waals surface area contributed by atoms with Crippen molar-refractivity contribution in [1.82, 2.24) is 5.32 Å². The Morgan fingerprint density at radius 1 is 1.24 bits per heavy atom. The van der Waals surface area contributed by atoms with Gasteiger partial charge in [0.1, 0.15) is 12.6 Å². The first-order valence-corrected chi connectivity index (χ1v) is 5.65. The SMILES string of the molecule is COC(=O)COCCC1CC[C@@H](C(=O)OC)N1. The summed E-state index contributed by atoms with van der Waals surface area (Å²) in [6.45, 7) is 0.449. The maximum Gasteiger partial charge on any atom is 0.331 e. The number of esters is 2. The Labute approximate surface area is 101 Å². The molecular weight excluding hydrogens is 226 g/mol. The molecule has 98 valence electrons. The molecule has 1 rings (SSSR count). The summed E-state index contributed by atoms with van der Waals surface area (Å²) in [7, 11) is 2.71. The molecule has 1 saturated heterocycles. The zero-order valence-corrected chi connectivity index (χ0v) is 10.2. The molecule has 6 heteroatoms. The van der Waals surface area contributed by atoms with E-state index in [0.717, 1.165) is 19.3 Å². The first kappa shape index (κ1) is 13.9. The van der Waals surface area contributed by atoms with E-state index in [2.05, 4.69) is 14.8 Å². The summed E-state index contributed by atoms with van der Waals surface area (Å²) >= 11 is 0. The summed E-state index contributed by atoms with van der Waals surface area (Å²) in [4.78, 5) is 22.0. The van der Waals surface area contributed by atoms with E-state index in [1.54, 1.807) is 0 Å². The van der Waals surface area contributed by atoms with E-state index in [1.807, 2.05) is 0 Å². The van der Waals surface area contributed by atoms with Crippen molar-refractivity contribution in [3.63, 3.8) is 0 Å². The monoisotopic (exact) mass is 245 g/mol. The van der Waals surface area contributed by atoms with Crippen molar-refractivity contribution in [3.05, 3.63) is 0 Å². The van der Waals surface area contributed by atoms with E-state index < -0.39 is 0 Å². The zero-order chi connectivity index (χ0) is 12.7. The summed E-state index contributed by atoms with van der Waals surface area (Å²) in [5.41, 5.74) is 0. The molecule has 0 saturated carbocycles. The molecule has 0 amide bonds. The molecular formula is C11H19NO5.